The Bertz CT molecular complexity index is 222. The minimum absolute atomic E-state index is 0.139. The Labute approximate surface area is 91.6 Å². The first-order valence-corrected chi connectivity index (χ1v) is 5.05. The maximum Gasteiger partial charge on any atom is 0.122 e. The first-order valence-electron chi connectivity index (χ1n) is 5.05. The third-order valence-corrected chi connectivity index (χ3v) is 3.08. The molecule has 0 aliphatic heterocycles. The van der Waals surface area contributed by atoms with Crippen LogP contribution in [-0.2, 0) is 0 Å². The van der Waals surface area contributed by atoms with Crippen molar-refractivity contribution in [2.75, 3.05) is 6.67 Å². The van der Waals surface area contributed by atoms with Crippen molar-refractivity contribution < 1.29 is 35.0 Å². The average Bonchev–Trinajstić information content (AvgIpc) is 2.29. The van der Waals surface area contributed by atoms with E-state index in [4.69, 9.17) is 0 Å². The summed E-state index contributed by atoms with van der Waals surface area (Å²) < 4.78 is 12.0. The number of rotatable bonds is 3. The third-order valence-electron chi connectivity index (χ3n) is 3.08. The van der Waals surface area contributed by atoms with Crippen molar-refractivity contribution in [3.8, 4) is 0 Å². The Hall–Kier alpha value is -0.310. The number of aliphatic hydroxyl groups is 6. The lowest BCUT2D eigenvalue weighted by atomic mass is 9.72. The van der Waals surface area contributed by atoms with Gasteiger partial charge in [0.15, 0.2) is 0 Å². The molecule has 96 valence electrons. The number of hydrogen-bond donors (Lipinski definition) is 6. The molecule has 0 aromatic carbocycles. The molecular weight excluding hydrogens is 223 g/mol. The Balaban J connectivity index is 2.88. The number of hydrogen-bond acceptors (Lipinski definition) is 6. The summed E-state index contributed by atoms with van der Waals surface area (Å²) in [5.74, 6) is 0. The van der Waals surface area contributed by atoms with Gasteiger partial charge in [-0.1, -0.05) is 0 Å². The van der Waals surface area contributed by atoms with Crippen molar-refractivity contribution in [2.24, 2.45) is 0 Å². The Morgan fingerprint density at radius 2 is 1.31 bits per heavy atom. The quantitative estimate of drug-likeness (QED) is 0.319. The van der Waals surface area contributed by atoms with Crippen LogP contribution in [0, 0.1) is 0 Å². The standard InChI is InChI=1S/C9H17FO6/c10-3-1-2-9(16)7(14)5(12)4(11)6(13)8(9)15/h4-8,11-16H,1-3H2/t4?,5-,6+,7+,8-,9?. The van der Waals surface area contributed by atoms with Crippen LogP contribution in [0.25, 0.3) is 0 Å². The van der Waals surface area contributed by atoms with Crippen molar-refractivity contribution in [3.05, 3.63) is 0 Å². The second kappa shape index (κ2) is 4.91. The summed E-state index contributed by atoms with van der Waals surface area (Å²) >= 11 is 0. The molecule has 1 fully saturated rings. The van der Waals surface area contributed by atoms with E-state index >= 15 is 0 Å². The van der Waals surface area contributed by atoms with Crippen molar-refractivity contribution in [2.45, 2.75) is 49.0 Å². The van der Waals surface area contributed by atoms with Gasteiger partial charge in [-0.25, -0.2) is 0 Å². The smallest absolute Gasteiger partial charge is 0.122 e. The predicted octanol–water partition coefficient (Wildman–Crippen LogP) is -2.71. The van der Waals surface area contributed by atoms with Gasteiger partial charge in [-0.2, -0.15) is 0 Å². The van der Waals surface area contributed by atoms with Gasteiger partial charge < -0.3 is 30.6 Å². The molecule has 0 heterocycles. The first-order chi connectivity index (χ1) is 7.36. The van der Waals surface area contributed by atoms with Crippen LogP contribution in [-0.4, -0.2) is 73.4 Å². The minimum atomic E-state index is -2.22. The second-order valence-corrected chi connectivity index (χ2v) is 4.15. The zero-order chi connectivity index (χ0) is 12.5. The molecule has 2 unspecified atom stereocenters. The van der Waals surface area contributed by atoms with Gasteiger partial charge in [0.25, 0.3) is 0 Å². The maximum absolute atomic E-state index is 12.0. The van der Waals surface area contributed by atoms with Crippen LogP contribution < -0.4 is 0 Å². The fourth-order valence-corrected chi connectivity index (χ4v) is 1.99. The highest BCUT2D eigenvalue weighted by atomic mass is 19.1. The van der Waals surface area contributed by atoms with Gasteiger partial charge in [0, 0.05) is 0 Å². The van der Waals surface area contributed by atoms with E-state index in [2.05, 4.69) is 0 Å². The SMILES string of the molecule is OC1[C@@H](O)[C@H](O)C(O)(CCCF)[C@H](O)[C@H]1O. The molecule has 1 saturated carbocycles. The zero-order valence-electron chi connectivity index (χ0n) is 8.57. The average molecular weight is 240 g/mol. The molecule has 0 aromatic rings. The molecule has 0 bridgehead atoms. The van der Waals surface area contributed by atoms with Crippen LogP contribution in [0.3, 0.4) is 0 Å². The van der Waals surface area contributed by atoms with E-state index in [0.717, 1.165) is 0 Å². The van der Waals surface area contributed by atoms with E-state index in [-0.39, 0.29) is 12.8 Å². The van der Waals surface area contributed by atoms with Gasteiger partial charge in [-0.3, -0.25) is 4.39 Å². The number of alkyl halides is 1. The fraction of sp³-hybridized carbons (Fsp3) is 1.00. The van der Waals surface area contributed by atoms with Crippen molar-refractivity contribution in [3.63, 3.8) is 0 Å². The molecular formula is C9H17FO6. The van der Waals surface area contributed by atoms with E-state index in [0.29, 0.717) is 0 Å². The van der Waals surface area contributed by atoms with Gasteiger partial charge in [0.05, 0.1) is 6.67 Å². The topological polar surface area (TPSA) is 121 Å². The summed E-state index contributed by atoms with van der Waals surface area (Å²) in [5.41, 5.74) is -2.22. The molecule has 0 spiro atoms. The Morgan fingerprint density at radius 1 is 0.875 bits per heavy atom. The molecule has 0 radical (unpaired) electrons. The molecule has 1 rings (SSSR count). The summed E-state index contributed by atoms with van der Waals surface area (Å²) in [7, 11) is 0. The van der Waals surface area contributed by atoms with Crippen molar-refractivity contribution in [1.29, 1.82) is 0 Å². The summed E-state index contributed by atoms with van der Waals surface area (Å²) in [6.45, 7) is -0.767. The highest BCUT2D eigenvalue weighted by Crippen LogP contribution is 2.33. The van der Waals surface area contributed by atoms with Crippen LogP contribution in [0.4, 0.5) is 4.39 Å². The van der Waals surface area contributed by atoms with E-state index in [1.165, 1.54) is 0 Å². The van der Waals surface area contributed by atoms with E-state index < -0.39 is 42.8 Å². The van der Waals surface area contributed by atoms with Gasteiger partial charge >= 0.3 is 0 Å². The monoisotopic (exact) mass is 240 g/mol. The van der Waals surface area contributed by atoms with E-state index in [1.807, 2.05) is 0 Å². The summed E-state index contributed by atoms with van der Waals surface area (Å²) in [4.78, 5) is 0. The summed E-state index contributed by atoms with van der Waals surface area (Å²) in [5, 5.41) is 56.9. The zero-order valence-corrected chi connectivity index (χ0v) is 8.57. The lowest BCUT2D eigenvalue weighted by molar-refractivity contribution is -0.270. The maximum atomic E-state index is 12.0. The molecule has 1 aliphatic rings. The van der Waals surface area contributed by atoms with E-state index in [1.54, 1.807) is 0 Å². The molecule has 0 aromatic heterocycles. The molecule has 6 atom stereocenters. The molecule has 16 heavy (non-hydrogen) atoms. The molecule has 0 saturated heterocycles. The van der Waals surface area contributed by atoms with Gasteiger partial charge in [-0.05, 0) is 12.8 Å². The Kier molecular flexibility index (Phi) is 4.22. The molecule has 1 aliphatic carbocycles. The van der Waals surface area contributed by atoms with Crippen molar-refractivity contribution in [1.82, 2.24) is 0 Å². The summed E-state index contributed by atoms with van der Waals surface area (Å²) in [6.07, 6.45) is -9.48. The lowest BCUT2D eigenvalue weighted by Gasteiger charge is -2.47. The van der Waals surface area contributed by atoms with Gasteiger partial charge in [-0.15, -0.1) is 0 Å². The van der Waals surface area contributed by atoms with Crippen molar-refractivity contribution >= 4 is 0 Å². The molecule has 7 heteroatoms. The van der Waals surface area contributed by atoms with Gasteiger partial charge in [0.1, 0.15) is 36.1 Å². The van der Waals surface area contributed by atoms with Crippen LogP contribution in [0.1, 0.15) is 12.8 Å². The van der Waals surface area contributed by atoms with E-state index in [9.17, 15) is 35.0 Å². The number of halogens is 1. The van der Waals surface area contributed by atoms with Gasteiger partial charge in [0.2, 0.25) is 0 Å². The molecule has 6 nitrogen and oxygen atoms in total. The van der Waals surface area contributed by atoms with Crippen LogP contribution in [0.2, 0.25) is 0 Å². The molecule has 0 amide bonds. The second-order valence-electron chi connectivity index (χ2n) is 4.15. The highest BCUT2D eigenvalue weighted by Gasteiger charge is 2.56. The Morgan fingerprint density at radius 3 is 1.69 bits per heavy atom. The fourth-order valence-electron chi connectivity index (χ4n) is 1.99. The highest BCUT2D eigenvalue weighted by molar-refractivity contribution is 5.08. The van der Waals surface area contributed by atoms with Crippen LogP contribution in [0.5, 0.6) is 0 Å². The molecule has 6 N–H and O–H groups in total. The first kappa shape index (κ1) is 13.8. The lowest BCUT2D eigenvalue weighted by Crippen LogP contribution is -2.70. The minimum Gasteiger partial charge on any atom is -0.387 e. The largest absolute Gasteiger partial charge is 0.387 e. The summed E-state index contributed by atoms with van der Waals surface area (Å²) in [6, 6.07) is 0. The van der Waals surface area contributed by atoms with Crippen LogP contribution in [0.15, 0.2) is 0 Å². The predicted molar refractivity (Wildman–Crippen MR) is 50.2 cm³/mol. The normalized spacial score (nSPS) is 49.3. The third kappa shape index (κ3) is 2.06. The van der Waals surface area contributed by atoms with Crippen LogP contribution >= 0.6 is 0 Å². The number of aliphatic hydroxyl groups excluding tert-OH is 5.